The van der Waals surface area contributed by atoms with E-state index in [1.54, 1.807) is 0 Å². The second kappa shape index (κ2) is 13.2. The molecule has 262 valence electrons. The van der Waals surface area contributed by atoms with Gasteiger partial charge in [-0.3, -0.25) is 0 Å². The van der Waals surface area contributed by atoms with Gasteiger partial charge in [-0.15, -0.1) is 0 Å². The van der Waals surface area contributed by atoms with Gasteiger partial charge in [0.1, 0.15) is 0 Å². The smallest absolute Gasteiger partial charge is 0.0547 e. The highest BCUT2D eigenvalue weighted by atomic mass is 15.1. The molecule has 0 saturated heterocycles. The predicted molar refractivity (Wildman–Crippen MR) is 239 cm³/mol. The summed E-state index contributed by atoms with van der Waals surface area (Å²) in [6.07, 6.45) is 0. The fourth-order valence-electron chi connectivity index (χ4n) is 8.48. The van der Waals surface area contributed by atoms with Crippen LogP contribution in [0, 0.1) is 0 Å². The lowest BCUT2D eigenvalue weighted by molar-refractivity contribution is 1.18. The van der Waals surface area contributed by atoms with E-state index in [4.69, 9.17) is 0 Å². The van der Waals surface area contributed by atoms with Crippen molar-refractivity contribution in [3.8, 4) is 27.9 Å². The third kappa shape index (κ3) is 5.51. The van der Waals surface area contributed by atoms with Gasteiger partial charge in [0.2, 0.25) is 0 Å². The Kier molecular flexibility index (Phi) is 7.53. The van der Waals surface area contributed by atoms with E-state index in [9.17, 15) is 0 Å². The lowest BCUT2D eigenvalue weighted by atomic mass is 9.99. The van der Waals surface area contributed by atoms with Crippen LogP contribution in [0.25, 0.3) is 82.1 Å². The largest absolute Gasteiger partial charge is 0.310 e. The molecule has 0 aliphatic carbocycles. The van der Waals surface area contributed by atoms with Crippen molar-refractivity contribution in [1.82, 2.24) is 4.57 Å². The number of hydrogen-bond donors (Lipinski definition) is 0. The number of nitrogens with zero attached hydrogens (tertiary/aromatic N) is 2. The van der Waals surface area contributed by atoms with Crippen molar-refractivity contribution in [3.05, 3.63) is 218 Å². The van der Waals surface area contributed by atoms with Gasteiger partial charge in [-0.25, -0.2) is 0 Å². The van der Waals surface area contributed by atoms with E-state index >= 15 is 0 Å². The third-order valence-electron chi connectivity index (χ3n) is 11.3. The number of hydrogen-bond acceptors (Lipinski definition) is 1. The zero-order valence-corrected chi connectivity index (χ0v) is 30.7. The fourth-order valence-corrected chi connectivity index (χ4v) is 8.48. The molecule has 0 saturated carbocycles. The van der Waals surface area contributed by atoms with Gasteiger partial charge in [-0.2, -0.15) is 0 Å². The summed E-state index contributed by atoms with van der Waals surface area (Å²) in [5.41, 5.74) is 11.8. The summed E-state index contributed by atoms with van der Waals surface area (Å²) in [6.45, 7) is 0. The quantitative estimate of drug-likeness (QED) is 0.167. The Bertz CT molecular complexity index is 3230. The molecule has 0 radical (unpaired) electrons. The number of benzene rings is 10. The Labute approximate surface area is 325 Å². The van der Waals surface area contributed by atoms with Gasteiger partial charge in [0.25, 0.3) is 0 Å². The number of fused-ring (bicyclic) bond motifs is 6. The van der Waals surface area contributed by atoms with E-state index in [1.165, 1.54) is 76.4 Å². The first kappa shape index (κ1) is 32.0. The number of anilines is 3. The Hall–Kier alpha value is -7.42. The molecule has 0 atom stereocenters. The van der Waals surface area contributed by atoms with Gasteiger partial charge in [0.15, 0.2) is 0 Å². The molecule has 0 aliphatic rings. The predicted octanol–water partition coefficient (Wildman–Crippen LogP) is 15.0. The maximum absolute atomic E-state index is 2.40. The molecule has 0 aliphatic heterocycles. The molecule has 0 N–H and O–H groups in total. The third-order valence-corrected chi connectivity index (χ3v) is 11.3. The van der Waals surface area contributed by atoms with Crippen molar-refractivity contribution in [2.75, 3.05) is 4.90 Å². The minimum absolute atomic E-state index is 1.12. The van der Waals surface area contributed by atoms with E-state index in [0.717, 1.165) is 22.7 Å². The zero-order chi connectivity index (χ0) is 37.0. The fraction of sp³-hybridized carbons (Fsp3) is 0. The highest BCUT2D eigenvalue weighted by molar-refractivity contribution is 6.13. The summed E-state index contributed by atoms with van der Waals surface area (Å²) >= 11 is 0. The summed E-state index contributed by atoms with van der Waals surface area (Å²) < 4.78 is 2.40. The average Bonchev–Trinajstić information content (AvgIpc) is 3.59. The number of para-hydroxylation sites is 2. The second-order valence-electron chi connectivity index (χ2n) is 14.6. The summed E-state index contributed by atoms with van der Waals surface area (Å²) in [4.78, 5) is 2.34. The highest BCUT2D eigenvalue weighted by Crippen LogP contribution is 2.39. The Balaban J connectivity index is 0.924. The maximum Gasteiger partial charge on any atom is 0.0547 e. The molecule has 2 nitrogen and oxygen atoms in total. The number of aromatic nitrogens is 1. The van der Waals surface area contributed by atoms with Crippen molar-refractivity contribution < 1.29 is 0 Å². The van der Waals surface area contributed by atoms with Crippen LogP contribution in [0.2, 0.25) is 0 Å². The van der Waals surface area contributed by atoms with E-state index in [-0.39, 0.29) is 0 Å². The minimum Gasteiger partial charge on any atom is -0.310 e. The first-order valence-electron chi connectivity index (χ1n) is 19.2. The van der Waals surface area contributed by atoms with Crippen LogP contribution < -0.4 is 4.90 Å². The summed E-state index contributed by atoms with van der Waals surface area (Å²) in [5, 5.41) is 10.00. The van der Waals surface area contributed by atoms with Gasteiger partial charge in [-0.1, -0.05) is 140 Å². The lowest BCUT2D eigenvalue weighted by Crippen LogP contribution is -2.09. The van der Waals surface area contributed by atoms with Crippen LogP contribution >= 0.6 is 0 Å². The molecular formula is C54H36N2. The van der Waals surface area contributed by atoms with Crippen molar-refractivity contribution in [2.45, 2.75) is 0 Å². The van der Waals surface area contributed by atoms with E-state index in [0.29, 0.717) is 0 Å². The average molecular weight is 713 g/mol. The molecule has 10 aromatic carbocycles. The highest BCUT2D eigenvalue weighted by Gasteiger charge is 2.15. The molecule has 0 amide bonds. The Morgan fingerprint density at radius 1 is 0.268 bits per heavy atom. The number of rotatable bonds is 6. The lowest BCUT2D eigenvalue weighted by Gasteiger charge is -2.26. The second-order valence-corrected chi connectivity index (χ2v) is 14.6. The van der Waals surface area contributed by atoms with Gasteiger partial charge < -0.3 is 9.47 Å². The molecule has 0 unspecified atom stereocenters. The first-order valence-corrected chi connectivity index (χ1v) is 19.2. The SMILES string of the molecule is c1ccc(N(c2ccc(-c3ccc4ccccc4c3)cc2)c2ccc3cc(-c4ccc(-n5c6ccccc6c6cc7ccccc7cc65)cc4)ccc3c2)cc1. The molecule has 56 heavy (non-hydrogen) atoms. The van der Waals surface area contributed by atoms with Crippen LogP contribution in [0.15, 0.2) is 218 Å². The first-order chi connectivity index (χ1) is 27.7. The molecule has 11 aromatic rings. The molecule has 2 heteroatoms. The minimum atomic E-state index is 1.12. The molecule has 1 heterocycles. The summed E-state index contributed by atoms with van der Waals surface area (Å²) in [7, 11) is 0. The maximum atomic E-state index is 2.40. The van der Waals surface area contributed by atoms with Crippen LogP contribution in [0.3, 0.4) is 0 Å². The van der Waals surface area contributed by atoms with Crippen LogP contribution in [0.4, 0.5) is 17.1 Å². The van der Waals surface area contributed by atoms with Crippen LogP contribution in [0.1, 0.15) is 0 Å². The normalized spacial score (nSPS) is 11.6. The van der Waals surface area contributed by atoms with Crippen LogP contribution in [-0.2, 0) is 0 Å². The summed E-state index contributed by atoms with van der Waals surface area (Å²) in [6, 6.07) is 79.5. The van der Waals surface area contributed by atoms with Gasteiger partial charge in [0, 0.05) is 33.5 Å². The Morgan fingerprint density at radius 3 is 1.48 bits per heavy atom. The van der Waals surface area contributed by atoms with E-state index in [2.05, 4.69) is 228 Å². The van der Waals surface area contributed by atoms with Gasteiger partial charge in [0.05, 0.1) is 11.0 Å². The molecule has 11 rings (SSSR count). The molecule has 0 fully saturated rings. The molecule has 1 aromatic heterocycles. The van der Waals surface area contributed by atoms with Crippen LogP contribution in [0.5, 0.6) is 0 Å². The molecule has 0 bridgehead atoms. The van der Waals surface area contributed by atoms with Crippen molar-refractivity contribution in [3.63, 3.8) is 0 Å². The monoisotopic (exact) mass is 712 g/mol. The van der Waals surface area contributed by atoms with Crippen molar-refractivity contribution in [2.24, 2.45) is 0 Å². The van der Waals surface area contributed by atoms with Crippen LogP contribution in [-0.4, -0.2) is 4.57 Å². The van der Waals surface area contributed by atoms with Gasteiger partial charge >= 0.3 is 0 Å². The topological polar surface area (TPSA) is 8.17 Å². The zero-order valence-electron chi connectivity index (χ0n) is 30.7. The Morgan fingerprint density at radius 2 is 0.750 bits per heavy atom. The van der Waals surface area contributed by atoms with Gasteiger partial charge in [-0.05, 0) is 133 Å². The molecule has 0 spiro atoms. The summed E-state index contributed by atoms with van der Waals surface area (Å²) in [5.74, 6) is 0. The van der Waals surface area contributed by atoms with Crippen molar-refractivity contribution >= 4 is 71.2 Å². The van der Waals surface area contributed by atoms with E-state index in [1.807, 2.05) is 0 Å². The molecular weight excluding hydrogens is 677 g/mol. The standard InChI is InChI=1S/C54H36N2/c1-2-14-47(15-3-1)55(48-27-22-38(23-28-48)43-19-18-37-10-4-5-11-40(37)32-43)50-31-26-45-33-44(20-21-46(45)34-50)39-24-29-49(30-25-39)56-53-17-9-8-16-51(53)52-35-41-12-6-7-13-42(41)36-54(52)56/h1-36H. The van der Waals surface area contributed by atoms with E-state index < -0.39 is 0 Å². The van der Waals surface area contributed by atoms with Crippen molar-refractivity contribution in [1.29, 1.82) is 0 Å².